The molecule has 2 aliphatic heterocycles. The van der Waals surface area contributed by atoms with Crippen molar-refractivity contribution >= 4 is 11.9 Å². The van der Waals surface area contributed by atoms with Crippen LogP contribution < -0.4 is 0 Å². The molecule has 0 unspecified atom stereocenters. The first-order valence-corrected chi connectivity index (χ1v) is 15.0. The molecule has 1 aromatic carbocycles. The number of carbonyl (C=O) groups is 2. The van der Waals surface area contributed by atoms with Gasteiger partial charge in [-0.2, -0.15) is 0 Å². The van der Waals surface area contributed by atoms with E-state index < -0.39 is 5.41 Å². The fourth-order valence-corrected chi connectivity index (χ4v) is 7.99. The van der Waals surface area contributed by atoms with Gasteiger partial charge >= 0.3 is 11.9 Å². The Hall–Kier alpha value is -2.92. The SMILES string of the molecule is CC[C@H](C=C1OC(=O)C2=C[C@@H]3CC[C@]12[C@H]1C2=C(CC[C@H]31)C(=CCCCCCCO)OC2=O)Cc1ccccc1. The summed E-state index contributed by atoms with van der Waals surface area (Å²) in [5.74, 6) is 1.90. The van der Waals surface area contributed by atoms with E-state index in [1.165, 1.54) is 5.56 Å². The second kappa shape index (κ2) is 10.9. The minimum atomic E-state index is -0.555. The van der Waals surface area contributed by atoms with Gasteiger partial charge in [-0.25, -0.2) is 9.59 Å². The normalized spacial score (nSPS) is 31.6. The summed E-state index contributed by atoms with van der Waals surface area (Å²) in [6.45, 7) is 2.43. The smallest absolute Gasteiger partial charge is 0.340 e. The van der Waals surface area contributed by atoms with E-state index in [0.29, 0.717) is 11.8 Å². The Bertz CT molecular complexity index is 1250. The highest BCUT2D eigenvalue weighted by Crippen LogP contribution is 2.68. The van der Waals surface area contributed by atoms with E-state index in [4.69, 9.17) is 14.6 Å². The maximum Gasteiger partial charge on any atom is 0.340 e. The third-order valence-corrected chi connectivity index (χ3v) is 9.88. The Labute approximate surface area is 231 Å². The summed E-state index contributed by atoms with van der Waals surface area (Å²) in [6, 6.07) is 10.5. The molecule has 1 saturated heterocycles. The standard InChI is InChI=1S/C34H40O5/c1-2-22(19-23-11-7-6-8-12-23)20-29-34-17-16-24(21-27(34)32(36)39-29)25-14-15-26-28(13-9-4-3-5-10-18-35)38-33(37)30(26)31(25)34/h6-8,11-13,20-22,24-25,31,35H,2-5,9-10,14-19H2,1H3/t22-,24-,25+,31+,34+/m0/s1. The van der Waals surface area contributed by atoms with Gasteiger partial charge in [0.05, 0.1) is 5.41 Å². The van der Waals surface area contributed by atoms with Gasteiger partial charge in [-0.1, -0.05) is 56.2 Å². The monoisotopic (exact) mass is 528 g/mol. The Morgan fingerprint density at radius 3 is 2.67 bits per heavy atom. The van der Waals surface area contributed by atoms with Crippen LogP contribution in [0.4, 0.5) is 0 Å². The van der Waals surface area contributed by atoms with Gasteiger partial charge in [0.25, 0.3) is 0 Å². The van der Waals surface area contributed by atoms with E-state index in [1.54, 1.807) is 0 Å². The molecular formula is C34H40O5. The van der Waals surface area contributed by atoms with Crippen LogP contribution in [0.1, 0.15) is 76.7 Å². The minimum absolute atomic E-state index is 0.0603. The first kappa shape index (κ1) is 26.3. The number of aliphatic hydroxyl groups excluding tert-OH is 1. The Morgan fingerprint density at radius 1 is 1.05 bits per heavy atom. The summed E-state index contributed by atoms with van der Waals surface area (Å²) in [7, 11) is 0. The number of esters is 2. The highest BCUT2D eigenvalue weighted by Gasteiger charge is 2.66. The summed E-state index contributed by atoms with van der Waals surface area (Å²) in [5, 5.41) is 9.01. The quantitative estimate of drug-likeness (QED) is 0.269. The summed E-state index contributed by atoms with van der Waals surface area (Å²) in [6.07, 6.45) is 16.9. The number of hydrogen-bond donors (Lipinski definition) is 1. The molecule has 206 valence electrons. The van der Waals surface area contributed by atoms with Crippen molar-refractivity contribution in [1.29, 1.82) is 0 Å². The molecule has 7 rings (SSSR count). The Morgan fingerprint density at radius 2 is 1.87 bits per heavy atom. The predicted molar refractivity (Wildman–Crippen MR) is 149 cm³/mol. The molecule has 0 radical (unpaired) electrons. The van der Waals surface area contributed by atoms with Crippen molar-refractivity contribution in [3.05, 3.63) is 82.4 Å². The zero-order valence-corrected chi connectivity index (χ0v) is 23.0. The Kier molecular flexibility index (Phi) is 7.37. The number of benzene rings is 1. The maximum atomic E-state index is 13.5. The number of ether oxygens (including phenoxy) is 2. The highest BCUT2D eigenvalue weighted by molar-refractivity contribution is 5.99. The molecule has 5 heteroatoms. The fourth-order valence-electron chi connectivity index (χ4n) is 7.99. The van der Waals surface area contributed by atoms with Crippen LogP contribution in [0, 0.1) is 29.1 Å². The van der Waals surface area contributed by atoms with E-state index in [-0.39, 0.29) is 30.4 Å². The van der Waals surface area contributed by atoms with Crippen LogP contribution in [0.15, 0.2) is 76.8 Å². The van der Waals surface area contributed by atoms with E-state index in [1.807, 2.05) is 6.07 Å². The van der Waals surface area contributed by atoms with E-state index in [2.05, 4.69) is 49.4 Å². The molecule has 6 aliphatic rings. The van der Waals surface area contributed by atoms with Crippen molar-refractivity contribution in [1.82, 2.24) is 0 Å². The van der Waals surface area contributed by atoms with Crippen LogP contribution in [0.5, 0.6) is 0 Å². The van der Waals surface area contributed by atoms with Gasteiger partial charge in [-0.3, -0.25) is 0 Å². The number of carbonyl (C=O) groups excluding carboxylic acids is 2. The largest absolute Gasteiger partial charge is 0.427 e. The van der Waals surface area contributed by atoms with Crippen molar-refractivity contribution in [2.24, 2.45) is 29.1 Å². The average molecular weight is 529 g/mol. The topological polar surface area (TPSA) is 72.8 Å². The van der Waals surface area contributed by atoms with Crippen molar-refractivity contribution in [2.45, 2.75) is 77.6 Å². The number of aliphatic hydroxyl groups is 1. The predicted octanol–water partition coefficient (Wildman–Crippen LogP) is 6.74. The number of fused-ring (bicyclic) bond motifs is 1. The molecule has 5 atom stereocenters. The molecule has 2 heterocycles. The zero-order chi connectivity index (χ0) is 27.0. The molecule has 1 saturated carbocycles. The fraction of sp³-hybridized carbons (Fsp3) is 0.529. The second-order valence-electron chi connectivity index (χ2n) is 12.0. The second-order valence-corrected chi connectivity index (χ2v) is 12.0. The lowest BCUT2D eigenvalue weighted by molar-refractivity contribution is -0.135. The van der Waals surface area contributed by atoms with Crippen LogP contribution in [-0.2, 0) is 25.5 Å². The van der Waals surface area contributed by atoms with E-state index >= 15 is 0 Å². The first-order valence-electron chi connectivity index (χ1n) is 15.0. The number of unbranched alkanes of at least 4 members (excludes halogenated alkanes) is 4. The van der Waals surface area contributed by atoms with Gasteiger partial charge in [0.15, 0.2) is 0 Å². The Balaban J connectivity index is 1.34. The number of cyclic esters (lactones) is 2. The molecule has 0 aromatic heterocycles. The lowest BCUT2D eigenvalue weighted by Crippen LogP contribution is -2.50. The lowest BCUT2D eigenvalue weighted by Gasteiger charge is -2.54. The summed E-state index contributed by atoms with van der Waals surface area (Å²) in [5.41, 5.74) is 3.38. The summed E-state index contributed by atoms with van der Waals surface area (Å²) < 4.78 is 12.0. The highest BCUT2D eigenvalue weighted by atomic mass is 16.5. The number of rotatable bonds is 10. The van der Waals surface area contributed by atoms with Gasteiger partial charge in [0.1, 0.15) is 11.5 Å². The first-order chi connectivity index (χ1) is 19.1. The summed E-state index contributed by atoms with van der Waals surface area (Å²) >= 11 is 0. The van der Waals surface area contributed by atoms with Crippen LogP contribution in [0.2, 0.25) is 0 Å². The molecule has 5 nitrogen and oxygen atoms in total. The van der Waals surface area contributed by atoms with Gasteiger partial charge < -0.3 is 14.6 Å². The van der Waals surface area contributed by atoms with Crippen LogP contribution >= 0.6 is 0 Å². The van der Waals surface area contributed by atoms with Gasteiger partial charge in [0.2, 0.25) is 0 Å². The van der Waals surface area contributed by atoms with E-state index in [0.717, 1.165) is 98.9 Å². The third kappa shape index (κ3) is 4.53. The lowest BCUT2D eigenvalue weighted by atomic mass is 9.46. The van der Waals surface area contributed by atoms with Crippen molar-refractivity contribution in [3.8, 4) is 0 Å². The van der Waals surface area contributed by atoms with Crippen LogP contribution in [0.3, 0.4) is 0 Å². The van der Waals surface area contributed by atoms with Gasteiger partial charge in [-0.05, 0) is 93.3 Å². The third-order valence-electron chi connectivity index (χ3n) is 9.88. The van der Waals surface area contributed by atoms with Gasteiger partial charge in [-0.15, -0.1) is 0 Å². The molecule has 0 amide bonds. The van der Waals surface area contributed by atoms with Crippen molar-refractivity contribution < 1.29 is 24.2 Å². The summed E-state index contributed by atoms with van der Waals surface area (Å²) in [4.78, 5) is 26.8. The van der Waals surface area contributed by atoms with Crippen molar-refractivity contribution in [3.63, 3.8) is 0 Å². The van der Waals surface area contributed by atoms with Crippen LogP contribution in [-0.4, -0.2) is 23.7 Å². The van der Waals surface area contributed by atoms with E-state index in [9.17, 15) is 9.59 Å². The zero-order valence-electron chi connectivity index (χ0n) is 23.0. The average Bonchev–Trinajstić information content (AvgIpc) is 3.44. The molecule has 2 bridgehead atoms. The molecule has 4 aliphatic carbocycles. The number of allylic oxidation sites excluding steroid dienone is 5. The molecule has 1 N–H and O–H groups in total. The molecular weight excluding hydrogens is 488 g/mol. The maximum absolute atomic E-state index is 13.5. The van der Waals surface area contributed by atoms with Crippen LogP contribution in [0.25, 0.3) is 0 Å². The molecule has 2 fully saturated rings. The van der Waals surface area contributed by atoms with Gasteiger partial charge in [0, 0.05) is 29.2 Å². The molecule has 39 heavy (non-hydrogen) atoms. The molecule has 1 aromatic rings. The minimum Gasteiger partial charge on any atom is -0.427 e. The molecule has 1 spiro atoms. The van der Waals surface area contributed by atoms with Crippen molar-refractivity contribution in [2.75, 3.05) is 6.61 Å². The number of hydrogen-bond acceptors (Lipinski definition) is 5.